The van der Waals surface area contributed by atoms with Crippen molar-refractivity contribution in [3.05, 3.63) is 135 Å². The fraction of sp³-hybridized carbons (Fsp3) is 0.385. The van der Waals surface area contributed by atoms with Gasteiger partial charge in [0.25, 0.3) is 11.7 Å². The summed E-state index contributed by atoms with van der Waals surface area (Å²) in [6, 6.07) is 13.4. The van der Waals surface area contributed by atoms with Crippen LogP contribution in [0.15, 0.2) is 96.1 Å². The highest BCUT2D eigenvalue weighted by Crippen LogP contribution is 2.49. The van der Waals surface area contributed by atoms with E-state index in [4.69, 9.17) is 23.7 Å². The molecule has 0 saturated heterocycles. The number of allylic oxidation sites excluding steroid dienone is 4. The Labute approximate surface area is 389 Å². The quantitative estimate of drug-likeness (QED) is 0.142. The van der Waals surface area contributed by atoms with Crippen LogP contribution in [0, 0.1) is 44.4 Å². The number of hydrogen-bond donors (Lipinski definition) is 4. The molecule has 0 radical (unpaired) electrons. The van der Waals surface area contributed by atoms with Crippen LogP contribution in [0.5, 0.6) is 11.5 Å². The Bertz CT molecular complexity index is 2610. The number of ether oxygens (including phenoxy) is 5. The van der Waals surface area contributed by atoms with E-state index in [0.29, 0.717) is 5.69 Å². The van der Waals surface area contributed by atoms with Gasteiger partial charge in [-0.2, -0.15) is 0 Å². The largest absolute Gasteiger partial charge is 0.462 e. The van der Waals surface area contributed by atoms with Crippen LogP contribution in [0.1, 0.15) is 107 Å². The molecular formula is C52H58N2O13. The maximum absolute atomic E-state index is 15.2. The maximum atomic E-state index is 15.2. The first kappa shape index (κ1) is 49.7. The lowest BCUT2D eigenvalue weighted by molar-refractivity contribution is -0.160. The third kappa shape index (κ3) is 10.0. The first-order chi connectivity index (χ1) is 31.6. The van der Waals surface area contributed by atoms with Gasteiger partial charge in [0.2, 0.25) is 11.6 Å². The van der Waals surface area contributed by atoms with Crippen molar-refractivity contribution in [1.82, 2.24) is 5.32 Å². The van der Waals surface area contributed by atoms with Gasteiger partial charge < -0.3 is 44.5 Å². The van der Waals surface area contributed by atoms with Crippen molar-refractivity contribution in [2.75, 3.05) is 12.4 Å². The topological polar surface area (TPSA) is 213 Å². The molecule has 3 aromatic carbocycles. The Morgan fingerprint density at radius 2 is 1.42 bits per heavy atom. The number of fused-ring (bicyclic) bond motifs is 14. The van der Waals surface area contributed by atoms with E-state index in [9.17, 15) is 29.4 Å². The Balaban J connectivity index is 1.57. The van der Waals surface area contributed by atoms with Crippen molar-refractivity contribution in [3.8, 4) is 11.5 Å². The molecule has 1 aliphatic carbocycles. The molecule has 0 fully saturated rings. The second-order valence-corrected chi connectivity index (χ2v) is 17.8. The summed E-state index contributed by atoms with van der Waals surface area (Å²) in [7, 11) is 1.42. The van der Waals surface area contributed by atoms with Crippen molar-refractivity contribution in [3.63, 3.8) is 0 Å². The average molecular weight is 919 g/mol. The van der Waals surface area contributed by atoms with E-state index < -0.39 is 106 Å². The van der Waals surface area contributed by atoms with Gasteiger partial charge in [-0.1, -0.05) is 81.3 Å². The van der Waals surface area contributed by atoms with Crippen molar-refractivity contribution in [2.24, 2.45) is 23.7 Å². The summed E-state index contributed by atoms with van der Waals surface area (Å²) in [6.45, 7) is 16.1. The summed E-state index contributed by atoms with van der Waals surface area (Å²) in [5, 5.41) is 28.7. The molecule has 3 aliphatic heterocycles. The minimum atomic E-state index is -2.17. The van der Waals surface area contributed by atoms with E-state index in [2.05, 4.69) is 10.6 Å². The van der Waals surface area contributed by atoms with Crippen LogP contribution in [-0.4, -0.2) is 82.7 Å². The van der Waals surface area contributed by atoms with Crippen LogP contribution in [0.25, 0.3) is 0 Å². The number of aliphatic hydroxyl groups is 2. The lowest BCUT2D eigenvalue weighted by Crippen LogP contribution is -2.46. The Hall–Kier alpha value is -6.68. The van der Waals surface area contributed by atoms with Crippen LogP contribution < -0.4 is 20.1 Å². The first-order valence-electron chi connectivity index (χ1n) is 22.1. The van der Waals surface area contributed by atoms with Crippen molar-refractivity contribution in [1.29, 1.82) is 0 Å². The van der Waals surface area contributed by atoms with Crippen LogP contribution in [0.3, 0.4) is 0 Å². The van der Waals surface area contributed by atoms with Gasteiger partial charge >= 0.3 is 17.7 Å². The van der Waals surface area contributed by atoms with Gasteiger partial charge in [-0.25, -0.2) is 4.79 Å². The number of aryl methyl sites for hydroxylation is 2. The summed E-state index contributed by atoms with van der Waals surface area (Å²) in [5.74, 6) is -10.4. The van der Waals surface area contributed by atoms with E-state index in [1.165, 1.54) is 65.4 Å². The second kappa shape index (κ2) is 20.0. The molecule has 9 atom stereocenters. The number of amides is 1. The number of hydrogen-bond acceptors (Lipinski definition) is 14. The van der Waals surface area contributed by atoms with Gasteiger partial charge in [-0.15, -0.1) is 0 Å². The lowest BCUT2D eigenvalue weighted by Gasteiger charge is -2.38. The fourth-order valence-corrected chi connectivity index (χ4v) is 8.55. The van der Waals surface area contributed by atoms with Gasteiger partial charge in [0.1, 0.15) is 29.0 Å². The zero-order valence-electron chi connectivity index (χ0n) is 39.5. The zero-order valence-corrected chi connectivity index (χ0v) is 39.5. The standard InChI is InChI=1S/C52H58N2O13/c1-25-15-19-34(20-16-25)51(62)66-47-32(8)48-39-37-38(47)45(59)41(40(44(37)58)53-35-21-17-26(2)18-22-35)54-50(61)28(4)14-12-13-27(3)42(56)30(6)43(57)31(7)46(65-33(9)55)29(5)36(63-11)23-24-64-52(10,67-48)49(39)60/h12-24,27,29-31,36,42-43,46,53,56-57H,1-11H3,(H,54,61)/t27-,29+,30+,31-,36-,42-,43-,46+,52-/m0/s1. The zero-order chi connectivity index (χ0) is 49.2. The molecular weight excluding hydrogens is 861 g/mol. The maximum Gasteiger partial charge on any atom is 0.343 e. The minimum Gasteiger partial charge on any atom is -0.462 e. The van der Waals surface area contributed by atoms with Crippen LogP contribution in [-0.2, 0) is 23.8 Å². The molecule has 15 nitrogen and oxygen atoms in total. The minimum absolute atomic E-state index is 0.0121. The third-order valence-electron chi connectivity index (χ3n) is 12.7. The highest BCUT2D eigenvalue weighted by atomic mass is 16.7. The Morgan fingerprint density at radius 3 is 2.03 bits per heavy atom. The van der Waals surface area contributed by atoms with E-state index in [1.54, 1.807) is 76.2 Å². The molecule has 0 spiro atoms. The van der Waals surface area contributed by atoms with Gasteiger partial charge in [-0.3, -0.25) is 24.0 Å². The number of ketones is 3. The first-order valence-corrected chi connectivity index (χ1v) is 22.1. The highest BCUT2D eigenvalue weighted by Gasteiger charge is 2.53. The van der Waals surface area contributed by atoms with E-state index in [0.717, 1.165) is 11.1 Å². The van der Waals surface area contributed by atoms with E-state index in [-0.39, 0.29) is 39.5 Å². The molecule has 15 heteroatoms. The van der Waals surface area contributed by atoms with E-state index in [1.807, 2.05) is 13.8 Å². The fourth-order valence-electron chi connectivity index (χ4n) is 8.55. The molecule has 1 amide bonds. The van der Waals surface area contributed by atoms with Gasteiger partial charge in [0.15, 0.2) is 0 Å². The van der Waals surface area contributed by atoms with Crippen molar-refractivity contribution < 1.29 is 62.7 Å². The third-order valence-corrected chi connectivity index (χ3v) is 12.7. The van der Waals surface area contributed by atoms with Crippen LogP contribution >= 0.6 is 0 Å². The molecule has 7 rings (SSSR count). The SMILES string of the molecule is CO[C@H]1C=CO[C@@]2(C)Oc3c(C)c(OC(=O)c4ccc(C)cc4)c4c(c3C2=O)C(=O)C(Nc2ccc(C)cc2)=C(NC(=O)C(C)=CC=C[C@H](C)[C@H](O)[C@@H](C)[C@H](O)[C@H](C)[C@H](OC(C)=O)[C@@H]1C)C4=O. The number of esters is 2. The van der Waals surface area contributed by atoms with Gasteiger partial charge in [0.05, 0.1) is 46.8 Å². The summed E-state index contributed by atoms with van der Waals surface area (Å²) in [6.07, 6.45) is 3.22. The molecule has 0 aromatic heterocycles. The number of benzene rings is 3. The predicted molar refractivity (Wildman–Crippen MR) is 247 cm³/mol. The smallest absolute Gasteiger partial charge is 0.343 e. The summed E-state index contributed by atoms with van der Waals surface area (Å²) < 4.78 is 29.9. The Kier molecular flexibility index (Phi) is 14.9. The number of carbonyl (C=O) groups is 6. The van der Waals surface area contributed by atoms with Crippen molar-refractivity contribution >= 4 is 40.9 Å². The Morgan fingerprint density at radius 1 is 0.791 bits per heavy atom. The molecule has 4 N–H and O–H groups in total. The number of carbonyl (C=O) groups excluding carboxylic acids is 6. The number of rotatable bonds is 6. The normalized spacial score (nSPS) is 26.9. The monoisotopic (exact) mass is 918 g/mol. The van der Waals surface area contributed by atoms with Crippen molar-refractivity contribution in [2.45, 2.75) is 99.4 Å². The number of Topliss-reactive ketones (excluding diaryl/α,β-unsaturated/α-hetero) is 3. The van der Waals surface area contributed by atoms with Crippen LogP contribution in [0.4, 0.5) is 5.69 Å². The number of aliphatic hydroxyl groups excluding tert-OH is 2. The predicted octanol–water partition coefficient (Wildman–Crippen LogP) is 7.20. The number of anilines is 1. The lowest BCUT2D eigenvalue weighted by atomic mass is 9.78. The summed E-state index contributed by atoms with van der Waals surface area (Å²) in [4.78, 5) is 85.5. The molecule has 0 unspecified atom stereocenters. The van der Waals surface area contributed by atoms with Gasteiger partial charge in [0, 0.05) is 61.5 Å². The average Bonchev–Trinajstić information content (AvgIpc) is 3.56. The summed E-state index contributed by atoms with van der Waals surface area (Å²) in [5.41, 5.74) is 0.274. The van der Waals surface area contributed by atoms with Crippen LogP contribution in [0.2, 0.25) is 0 Å². The van der Waals surface area contributed by atoms with E-state index >= 15 is 9.59 Å². The molecule has 67 heavy (non-hydrogen) atoms. The number of nitrogens with one attached hydrogen (secondary N) is 2. The molecule has 3 aromatic rings. The van der Waals surface area contributed by atoms with Gasteiger partial charge in [-0.05, 0) is 58.0 Å². The molecule has 3 heterocycles. The molecule has 0 saturated carbocycles. The number of methoxy groups -OCH3 is 1. The molecule has 354 valence electrons. The second-order valence-electron chi connectivity index (χ2n) is 17.8. The molecule has 4 aliphatic rings. The highest BCUT2D eigenvalue weighted by molar-refractivity contribution is 6.33. The summed E-state index contributed by atoms with van der Waals surface area (Å²) >= 11 is 0. The molecule has 5 bridgehead atoms.